The summed E-state index contributed by atoms with van der Waals surface area (Å²) in [6, 6.07) is 8.18. The number of piperidine rings is 1. The van der Waals surface area contributed by atoms with Crippen molar-refractivity contribution in [3.63, 3.8) is 0 Å². The van der Waals surface area contributed by atoms with Crippen LogP contribution in [-0.2, 0) is 4.79 Å². The number of aromatic nitrogens is 2. The smallest absolute Gasteiger partial charge is 0.251 e. The van der Waals surface area contributed by atoms with Gasteiger partial charge in [0, 0.05) is 30.1 Å². The molecule has 4 rings (SSSR count). The maximum Gasteiger partial charge on any atom is 0.251 e. The fourth-order valence-electron chi connectivity index (χ4n) is 4.26. The Morgan fingerprint density at radius 3 is 2.34 bits per heavy atom. The van der Waals surface area contributed by atoms with Crippen LogP contribution in [-0.4, -0.2) is 45.8 Å². The van der Waals surface area contributed by atoms with Gasteiger partial charge in [-0.05, 0) is 61.2 Å². The molecule has 1 aromatic heterocycles. The highest BCUT2D eigenvalue weighted by Crippen LogP contribution is 2.29. The van der Waals surface area contributed by atoms with Crippen LogP contribution in [0.1, 0.15) is 48.8 Å². The van der Waals surface area contributed by atoms with Gasteiger partial charge >= 0.3 is 0 Å². The zero-order valence-electron chi connectivity index (χ0n) is 19.5. The lowest BCUT2D eigenvalue weighted by molar-refractivity contribution is -0.135. The predicted octanol–water partition coefficient (Wildman–Crippen LogP) is 4.65. The van der Waals surface area contributed by atoms with E-state index in [0.717, 1.165) is 18.0 Å². The van der Waals surface area contributed by atoms with Gasteiger partial charge in [0.25, 0.3) is 5.91 Å². The number of imidazole rings is 1. The largest absolute Gasteiger partial charge is 0.342 e. The number of aromatic amines is 1. The van der Waals surface area contributed by atoms with Crippen LogP contribution < -0.4 is 5.32 Å². The summed E-state index contributed by atoms with van der Waals surface area (Å²) in [7, 11) is 0. The van der Waals surface area contributed by atoms with E-state index in [4.69, 9.17) is 0 Å². The Kier molecular flexibility index (Phi) is 7.23. The van der Waals surface area contributed by atoms with Crippen LogP contribution >= 0.6 is 0 Å². The number of halogens is 3. The summed E-state index contributed by atoms with van der Waals surface area (Å²) in [5, 5.41) is 2.79. The molecule has 0 radical (unpaired) electrons. The van der Waals surface area contributed by atoms with E-state index >= 15 is 0 Å². The number of H-pyrrole nitrogens is 1. The van der Waals surface area contributed by atoms with Gasteiger partial charge in [-0.25, -0.2) is 18.2 Å². The average Bonchev–Trinajstić information content (AvgIpc) is 3.34. The van der Waals surface area contributed by atoms with Crippen molar-refractivity contribution >= 4 is 11.8 Å². The van der Waals surface area contributed by atoms with E-state index in [9.17, 15) is 22.8 Å². The third-order valence-corrected chi connectivity index (χ3v) is 6.35. The van der Waals surface area contributed by atoms with Crippen molar-refractivity contribution in [2.75, 3.05) is 13.1 Å². The number of rotatable bonds is 6. The number of carbonyl (C=O) groups excluding carboxylic acids is 2. The highest BCUT2D eigenvalue weighted by Gasteiger charge is 2.32. The normalized spacial score (nSPS) is 15.3. The minimum Gasteiger partial charge on any atom is -0.342 e. The molecule has 184 valence electrons. The monoisotopic (exact) mass is 484 g/mol. The van der Waals surface area contributed by atoms with Gasteiger partial charge in [0.15, 0.2) is 11.6 Å². The van der Waals surface area contributed by atoms with Crippen molar-refractivity contribution in [2.24, 2.45) is 5.92 Å². The molecular weight excluding hydrogens is 457 g/mol. The number of amides is 2. The van der Waals surface area contributed by atoms with Gasteiger partial charge in [0.05, 0.1) is 11.9 Å². The minimum atomic E-state index is -0.920. The zero-order valence-corrected chi connectivity index (χ0v) is 19.5. The maximum absolute atomic E-state index is 13.6. The van der Waals surface area contributed by atoms with Crippen LogP contribution in [0.2, 0.25) is 0 Å². The molecule has 2 aromatic carbocycles. The van der Waals surface area contributed by atoms with E-state index in [2.05, 4.69) is 15.3 Å². The van der Waals surface area contributed by atoms with Gasteiger partial charge in [-0.3, -0.25) is 9.59 Å². The second-order valence-electron chi connectivity index (χ2n) is 9.11. The molecule has 2 N–H and O–H groups in total. The first-order valence-corrected chi connectivity index (χ1v) is 11.6. The molecule has 1 unspecified atom stereocenters. The van der Waals surface area contributed by atoms with Crippen molar-refractivity contribution in [1.82, 2.24) is 20.2 Å². The molecule has 6 nitrogen and oxygen atoms in total. The molecule has 1 aliphatic rings. The van der Waals surface area contributed by atoms with Crippen LogP contribution in [0.15, 0.2) is 48.7 Å². The summed E-state index contributed by atoms with van der Waals surface area (Å²) in [5.41, 5.74) is 1.39. The SMILES string of the molecule is CC(C)C(NC(=O)c1ccc(F)cc1)C(=O)N1CCC(c2ncc(-c3ccc(F)c(F)c3)[nH]2)CC1. The first kappa shape index (κ1) is 24.5. The van der Waals surface area contributed by atoms with Crippen LogP contribution in [0.3, 0.4) is 0 Å². The lowest BCUT2D eigenvalue weighted by Gasteiger charge is -2.35. The Hall–Kier alpha value is -3.62. The van der Waals surface area contributed by atoms with Gasteiger partial charge < -0.3 is 15.2 Å². The Bertz CT molecular complexity index is 1200. The van der Waals surface area contributed by atoms with E-state index in [1.807, 2.05) is 13.8 Å². The zero-order chi connectivity index (χ0) is 25.1. The lowest BCUT2D eigenvalue weighted by Crippen LogP contribution is -2.52. The number of hydrogen-bond acceptors (Lipinski definition) is 3. The molecule has 0 bridgehead atoms. The molecule has 1 aliphatic heterocycles. The van der Waals surface area contributed by atoms with E-state index in [1.165, 1.54) is 30.3 Å². The van der Waals surface area contributed by atoms with Crippen LogP contribution in [0.25, 0.3) is 11.3 Å². The van der Waals surface area contributed by atoms with E-state index in [-0.39, 0.29) is 17.7 Å². The predicted molar refractivity (Wildman–Crippen MR) is 125 cm³/mol. The molecule has 1 atom stereocenters. The number of carbonyl (C=O) groups is 2. The quantitative estimate of drug-likeness (QED) is 0.535. The highest BCUT2D eigenvalue weighted by molar-refractivity contribution is 5.97. The Labute approximate surface area is 201 Å². The molecule has 1 saturated heterocycles. The number of benzene rings is 2. The first-order valence-electron chi connectivity index (χ1n) is 11.6. The second-order valence-corrected chi connectivity index (χ2v) is 9.11. The molecule has 1 fully saturated rings. The molecule has 35 heavy (non-hydrogen) atoms. The summed E-state index contributed by atoms with van der Waals surface area (Å²) in [6.45, 7) is 4.73. The number of hydrogen-bond donors (Lipinski definition) is 2. The number of likely N-dealkylation sites (tertiary alicyclic amines) is 1. The molecule has 2 heterocycles. The molecule has 0 aliphatic carbocycles. The van der Waals surface area contributed by atoms with Crippen molar-refractivity contribution in [3.8, 4) is 11.3 Å². The van der Waals surface area contributed by atoms with Crippen LogP contribution in [0, 0.1) is 23.4 Å². The third kappa shape index (κ3) is 5.55. The minimum absolute atomic E-state index is 0.0874. The molecular formula is C26H27F3N4O2. The Balaban J connectivity index is 1.37. The van der Waals surface area contributed by atoms with E-state index in [0.29, 0.717) is 42.8 Å². The summed E-state index contributed by atoms with van der Waals surface area (Å²) >= 11 is 0. The van der Waals surface area contributed by atoms with Gasteiger partial charge in [-0.1, -0.05) is 13.8 Å². The summed E-state index contributed by atoms with van der Waals surface area (Å²) < 4.78 is 39.9. The topological polar surface area (TPSA) is 78.1 Å². The van der Waals surface area contributed by atoms with Crippen molar-refractivity contribution in [1.29, 1.82) is 0 Å². The average molecular weight is 485 g/mol. The Morgan fingerprint density at radius 1 is 1.03 bits per heavy atom. The molecule has 0 spiro atoms. The number of nitrogens with one attached hydrogen (secondary N) is 2. The fraction of sp³-hybridized carbons (Fsp3) is 0.346. The number of nitrogens with zero attached hydrogens (tertiary/aromatic N) is 2. The highest BCUT2D eigenvalue weighted by atomic mass is 19.2. The van der Waals surface area contributed by atoms with Crippen LogP contribution in [0.4, 0.5) is 13.2 Å². The third-order valence-electron chi connectivity index (χ3n) is 6.35. The lowest BCUT2D eigenvalue weighted by atomic mass is 9.94. The van der Waals surface area contributed by atoms with Gasteiger partial charge in [0.2, 0.25) is 5.91 Å². The molecule has 2 amide bonds. The van der Waals surface area contributed by atoms with E-state index < -0.39 is 29.4 Å². The summed E-state index contributed by atoms with van der Waals surface area (Å²) in [5.74, 6) is -2.15. The van der Waals surface area contributed by atoms with Crippen LogP contribution in [0.5, 0.6) is 0 Å². The van der Waals surface area contributed by atoms with Gasteiger partial charge in [0.1, 0.15) is 17.7 Å². The Morgan fingerprint density at radius 2 is 1.71 bits per heavy atom. The molecule has 0 saturated carbocycles. The summed E-state index contributed by atoms with van der Waals surface area (Å²) in [6.07, 6.45) is 2.94. The van der Waals surface area contributed by atoms with Crippen molar-refractivity contribution in [3.05, 3.63) is 77.5 Å². The molecule has 3 aromatic rings. The fourth-order valence-corrected chi connectivity index (χ4v) is 4.26. The van der Waals surface area contributed by atoms with Crippen molar-refractivity contribution < 1.29 is 22.8 Å². The first-order chi connectivity index (χ1) is 16.7. The second kappa shape index (κ2) is 10.3. The molecule has 9 heteroatoms. The van der Waals surface area contributed by atoms with Crippen molar-refractivity contribution in [2.45, 2.75) is 38.6 Å². The maximum atomic E-state index is 13.6. The van der Waals surface area contributed by atoms with E-state index in [1.54, 1.807) is 11.1 Å². The van der Waals surface area contributed by atoms with Gasteiger partial charge in [-0.2, -0.15) is 0 Å². The summed E-state index contributed by atoms with van der Waals surface area (Å²) in [4.78, 5) is 35.2. The standard InChI is InChI=1S/C26H27F3N4O2/c1-15(2)23(32-25(34)17-3-6-19(27)7-4-17)26(35)33-11-9-16(10-12-33)24-30-14-22(31-24)18-5-8-20(28)21(29)13-18/h3-8,13-16,23H,9-12H2,1-2H3,(H,30,31)(H,32,34). The van der Waals surface area contributed by atoms with Gasteiger partial charge in [-0.15, -0.1) is 0 Å².